The summed E-state index contributed by atoms with van der Waals surface area (Å²) in [5, 5.41) is 0. The van der Waals surface area contributed by atoms with E-state index in [9.17, 15) is 4.39 Å². The fraction of sp³-hybridized carbons (Fsp3) is 0.214. The second-order valence-electron chi connectivity index (χ2n) is 4.07. The Morgan fingerprint density at radius 1 is 1.28 bits per heavy atom. The van der Waals surface area contributed by atoms with Crippen molar-refractivity contribution >= 4 is 0 Å². The molecule has 18 heavy (non-hydrogen) atoms. The van der Waals surface area contributed by atoms with Crippen molar-refractivity contribution in [1.82, 2.24) is 4.98 Å². The smallest absolute Gasteiger partial charge is 0.170 e. The number of hydrogen-bond acceptors (Lipinski definition) is 3. The number of hydrogen-bond donors (Lipinski definition) is 1. The first-order valence-corrected chi connectivity index (χ1v) is 5.63. The van der Waals surface area contributed by atoms with Crippen molar-refractivity contribution < 1.29 is 9.13 Å². The number of methoxy groups -OCH3 is 1. The molecule has 3 nitrogen and oxygen atoms in total. The summed E-state index contributed by atoms with van der Waals surface area (Å²) in [5.74, 6) is -0.222. The number of benzene rings is 1. The number of nitrogens with two attached hydrogens (primary N) is 1. The van der Waals surface area contributed by atoms with Gasteiger partial charge in [0.1, 0.15) is 0 Å². The zero-order valence-corrected chi connectivity index (χ0v) is 10.4. The molecule has 1 aromatic heterocycles. The first-order valence-electron chi connectivity index (χ1n) is 5.63. The van der Waals surface area contributed by atoms with Crippen LogP contribution in [0.1, 0.15) is 22.7 Å². The van der Waals surface area contributed by atoms with Crippen molar-refractivity contribution in [3.8, 4) is 5.75 Å². The van der Waals surface area contributed by atoms with Crippen molar-refractivity contribution in [3.63, 3.8) is 0 Å². The average Bonchev–Trinajstić information content (AvgIpc) is 2.39. The van der Waals surface area contributed by atoms with Crippen LogP contribution in [-0.4, -0.2) is 12.1 Å². The van der Waals surface area contributed by atoms with Gasteiger partial charge in [0.05, 0.1) is 13.2 Å². The number of rotatable bonds is 3. The first-order chi connectivity index (χ1) is 8.65. The number of nitrogens with zero attached hydrogens (tertiary/aromatic N) is 1. The maximum atomic E-state index is 14.1. The molecule has 2 aromatic rings. The molecule has 94 valence electrons. The molecule has 2 rings (SSSR count). The van der Waals surface area contributed by atoms with Crippen LogP contribution in [0.3, 0.4) is 0 Å². The zero-order chi connectivity index (χ0) is 13.1. The summed E-state index contributed by atoms with van der Waals surface area (Å²) in [6.07, 6.45) is 3.35. The van der Waals surface area contributed by atoms with Crippen molar-refractivity contribution in [2.45, 2.75) is 13.0 Å². The summed E-state index contributed by atoms with van der Waals surface area (Å²) >= 11 is 0. The molecule has 0 aliphatic carbocycles. The molecule has 0 saturated carbocycles. The van der Waals surface area contributed by atoms with Crippen LogP contribution in [0.4, 0.5) is 4.39 Å². The third-order valence-electron chi connectivity index (χ3n) is 2.96. The third kappa shape index (κ3) is 2.19. The van der Waals surface area contributed by atoms with Crippen LogP contribution >= 0.6 is 0 Å². The highest BCUT2D eigenvalue weighted by molar-refractivity contribution is 5.39. The van der Waals surface area contributed by atoms with E-state index in [-0.39, 0.29) is 5.75 Å². The summed E-state index contributed by atoms with van der Waals surface area (Å²) in [5.41, 5.74) is 8.31. The van der Waals surface area contributed by atoms with Gasteiger partial charge < -0.3 is 10.5 Å². The molecule has 0 bridgehead atoms. The van der Waals surface area contributed by atoms with Crippen LogP contribution in [0.15, 0.2) is 36.7 Å². The van der Waals surface area contributed by atoms with E-state index in [0.29, 0.717) is 5.56 Å². The van der Waals surface area contributed by atoms with E-state index >= 15 is 0 Å². The Hall–Kier alpha value is -1.94. The molecule has 0 amide bonds. The maximum absolute atomic E-state index is 14.1. The summed E-state index contributed by atoms with van der Waals surface area (Å²) in [6.45, 7) is 1.93. The Morgan fingerprint density at radius 2 is 2.06 bits per heavy atom. The Labute approximate surface area is 105 Å². The van der Waals surface area contributed by atoms with E-state index in [1.807, 2.05) is 13.0 Å². The molecule has 1 heterocycles. The molecule has 1 atom stereocenters. The highest BCUT2D eigenvalue weighted by Gasteiger charge is 2.18. The van der Waals surface area contributed by atoms with Crippen molar-refractivity contribution in [3.05, 3.63) is 59.2 Å². The second kappa shape index (κ2) is 5.14. The van der Waals surface area contributed by atoms with Crippen molar-refractivity contribution in [2.75, 3.05) is 7.11 Å². The van der Waals surface area contributed by atoms with Gasteiger partial charge in [0.15, 0.2) is 11.6 Å². The topological polar surface area (TPSA) is 48.1 Å². The molecule has 0 saturated heterocycles. The standard InChI is InChI=1S/C14H15FN2O/c1-9-6-7-17-8-11(9)14(16)10-4-3-5-12(18-2)13(10)15/h3-8,14H,16H2,1-2H3. The van der Waals surface area contributed by atoms with Gasteiger partial charge in [-0.1, -0.05) is 12.1 Å². The molecule has 0 spiro atoms. The van der Waals surface area contributed by atoms with E-state index in [4.69, 9.17) is 10.5 Å². The summed E-state index contributed by atoms with van der Waals surface area (Å²) in [4.78, 5) is 4.03. The first kappa shape index (κ1) is 12.5. The summed E-state index contributed by atoms with van der Waals surface area (Å²) < 4.78 is 19.1. The predicted molar refractivity (Wildman–Crippen MR) is 68.0 cm³/mol. The second-order valence-corrected chi connectivity index (χ2v) is 4.07. The number of pyridine rings is 1. The lowest BCUT2D eigenvalue weighted by Gasteiger charge is -2.16. The van der Waals surface area contributed by atoms with Crippen LogP contribution in [0.25, 0.3) is 0 Å². The fourth-order valence-electron chi connectivity index (χ4n) is 1.89. The van der Waals surface area contributed by atoms with Gasteiger partial charge in [0.2, 0.25) is 0 Å². The molecule has 0 fully saturated rings. The lowest BCUT2D eigenvalue weighted by Crippen LogP contribution is -2.15. The molecular formula is C14H15FN2O. The molecule has 1 unspecified atom stereocenters. The SMILES string of the molecule is COc1cccc(C(N)c2cnccc2C)c1F. The Kier molecular flexibility index (Phi) is 3.58. The van der Waals surface area contributed by atoms with Gasteiger partial charge >= 0.3 is 0 Å². The molecule has 2 N–H and O–H groups in total. The lowest BCUT2D eigenvalue weighted by molar-refractivity contribution is 0.383. The van der Waals surface area contributed by atoms with Gasteiger partial charge in [0, 0.05) is 18.0 Å². The number of halogens is 1. The molecular weight excluding hydrogens is 231 g/mol. The summed E-state index contributed by atoms with van der Waals surface area (Å²) in [6, 6.07) is 6.26. The van der Waals surface area contributed by atoms with Gasteiger partial charge in [0.25, 0.3) is 0 Å². The Bertz CT molecular complexity index is 557. The minimum absolute atomic E-state index is 0.199. The van der Waals surface area contributed by atoms with Gasteiger partial charge in [-0.15, -0.1) is 0 Å². The van der Waals surface area contributed by atoms with Gasteiger partial charge in [-0.25, -0.2) is 4.39 Å². The quantitative estimate of drug-likeness (QED) is 0.905. The minimum Gasteiger partial charge on any atom is -0.494 e. The van der Waals surface area contributed by atoms with Crippen LogP contribution < -0.4 is 10.5 Å². The fourth-order valence-corrected chi connectivity index (χ4v) is 1.89. The summed E-state index contributed by atoms with van der Waals surface area (Å²) in [7, 11) is 1.43. The predicted octanol–water partition coefficient (Wildman–Crippen LogP) is 2.59. The van der Waals surface area contributed by atoms with Gasteiger partial charge in [-0.3, -0.25) is 4.98 Å². The normalized spacial score (nSPS) is 12.2. The largest absolute Gasteiger partial charge is 0.494 e. The lowest BCUT2D eigenvalue weighted by atomic mass is 9.97. The van der Waals surface area contributed by atoms with Crippen molar-refractivity contribution in [2.24, 2.45) is 5.73 Å². The van der Waals surface area contributed by atoms with Gasteiger partial charge in [-0.05, 0) is 30.2 Å². The molecule has 4 heteroatoms. The number of aryl methyl sites for hydroxylation is 1. The van der Waals surface area contributed by atoms with E-state index in [1.165, 1.54) is 7.11 Å². The molecule has 0 aliphatic heterocycles. The number of ether oxygens (including phenoxy) is 1. The van der Waals surface area contributed by atoms with E-state index in [0.717, 1.165) is 11.1 Å². The maximum Gasteiger partial charge on any atom is 0.170 e. The molecule has 1 aromatic carbocycles. The van der Waals surface area contributed by atoms with Crippen LogP contribution in [0, 0.1) is 12.7 Å². The van der Waals surface area contributed by atoms with Crippen molar-refractivity contribution in [1.29, 1.82) is 0 Å². The van der Waals surface area contributed by atoms with E-state index < -0.39 is 11.9 Å². The van der Waals surface area contributed by atoms with E-state index in [1.54, 1.807) is 30.6 Å². The third-order valence-corrected chi connectivity index (χ3v) is 2.96. The Morgan fingerprint density at radius 3 is 2.72 bits per heavy atom. The van der Waals surface area contributed by atoms with Gasteiger partial charge in [-0.2, -0.15) is 0 Å². The van der Waals surface area contributed by atoms with Crippen LogP contribution in [0.2, 0.25) is 0 Å². The molecule has 0 aliphatic rings. The van der Waals surface area contributed by atoms with E-state index in [2.05, 4.69) is 4.98 Å². The van der Waals surface area contributed by atoms with Crippen LogP contribution in [0.5, 0.6) is 5.75 Å². The molecule has 0 radical (unpaired) electrons. The average molecular weight is 246 g/mol. The highest BCUT2D eigenvalue weighted by Crippen LogP contribution is 2.28. The zero-order valence-electron chi connectivity index (χ0n) is 10.4. The highest BCUT2D eigenvalue weighted by atomic mass is 19.1. The Balaban J connectivity index is 2.47. The van der Waals surface area contributed by atoms with Crippen LogP contribution in [-0.2, 0) is 0 Å². The minimum atomic E-state index is -0.547. The number of aromatic nitrogens is 1. The monoisotopic (exact) mass is 246 g/mol.